The largest absolute Gasteiger partial charge is 0.479 e. The number of benzene rings is 2. The fraction of sp³-hybridized carbons (Fsp3) is 0.273. The Morgan fingerprint density at radius 3 is 2.83 bits per heavy atom. The van der Waals surface area contributed by atoms with Crippen LogP contribution in [-0.4, -0.2) is 28.4 Å². The zero-order valence-electron chi connectivity index (χ0n) is 16.4. The molecular weight excluding hydrogens is 441 g/mol. The molecule has 1 unspecified atom stereocenters. The van der Waals surface area contributed by atoms with Crippen molar-refractivity contribution in [3.8, 4) is 5.75 Å². The van der Waals surface area contributed by atoms with Gasteiger partial charge in [0.05, 0.1) is 10.7 Å². The minimum absolute atomic E-state index is 0.270. The van der Waals surface area contributed by atoms with E-state index in [4.69, 9.17) is 27.9 Å². The van der Waals surface area contributed by atoms with Crippen molar-refractivity contribution in [3.05, 3.63) is 74.7 Å². The normalized spacial score (nSPS) is 14.8. The maximum absolute atomic E-state index is 12.6. The second-order valence-corrected chi connectivity index (χ2v) is 9.09. The average Bonchev–Trinajstić information content (AvgIpc) is 3.12. The number of fused-ring (bicyclic) bond motifs is 1. The molecule has 4 rings (SSSR count). The standard InChI is InChI=1S/C22H21Cl2N3O2S/c1-14(29-19-8-7-16(23)11-17(19)24)21(28)26-22-25-18-9-10-27(13-20(18)30-22)12-15-5-3-2-4-6-15/h2-8,11,14H,9-10,12-13H2,1H3,(H,25,26,28). The van der Waals surface area contributed by atoms with Crippen LogP contribution in [0.15, 0.2) is 48.5 Å². The van der Waals surface area contributed by atoms with Gasteiger partial charge in [-0.3, -0.25) is 15.0 Å². The summed E-state index contributed by atoms with van der Waals surface area (Å²) in [7, 11) is 0. The molecule has 0 saturated carbocycles. The van der Waals surface area contributed by atoms with Crippen LogP contribution in [-0.2, 0) is 24.3 Å². The molecule has 1 N–H and O–H groups in total. The quantitative estimate of drug-likeness (QED) is 0.532. The molecule has 1 aliphatic rings. The Labute approximate surface area is 189 Å². The number of carbonyl (C=O) groups excluding carboxylic acids is 1. The molecule has 30 heavy (non-hydrogen) atoms. The van der Waals surface area contributed by atoms with Gasteiger partial charge >= 0.3 is 0 Å². The van der Waals surface area contributed by atoms with Crippen molar-refractivity contribution in [2.24, 2.45) is 0 Å². The number of nitrogens with zero attached hydrogens (tertiary/aromatic N) is 2. The van der Waals surface area contributed by atoms with Crippen LogP contribution in [0.4, 0.5) is 5.13 Å². The molecule has 1 aliphatic heterocycles. The molecular formula is C22H21Cl2N3O2S. The molecule has 0 saturated heterocycles. The van der Waals surface area contributed by atoms with E-state index in [0.29, 0.717) is 20.9 Å². The van der Waals surface area contributed by atoms with E-state index in [1.165, 1.54) is 21.8 Å². The van der Waals surface area contributed by atoms with Gasteiger partial charge in [0.15, 0.2) is 11.2 Å². The third-order valence-corrected chi connectivity index (χ3v) is 6.38. The van der Waals surface area contributed by atoms with Crippen molar-refractivity contribution >= 4 is 45.6 Å². The van der Waals surface area contributed by atoms with E-state index >= 15 is 0 Å². The number of aromatic nitrogens is 1. The van der Waals surface area contributed by atoms with Crippen molar-refractivity contribution in [1.82, 2.24) is 9.88 Å². The number of halogens is 2. The monoisotopic (exact) mass is 461 g/mol. The number of amides is 1. The first-order valence-electron chi connectivity index (χ1n) is 9.65. The molecule has 0 bridgehead atoms. The maximum atomic E-state index is 12.6. The fourth-order valence-corrected chi connectivity index (χ4v) is 4.81. The van der Waals surface area contributed by atoms with E-state index < -0.39 is 6.10 Å². The summed E-state index contributed by atoms with van der Waals surface area (Å²) in [5.41, 5.74) is 2.36. The molecule has 0 radical (unpaired) electrons. The molecule has 2 aromatic carbocycles. The highest BCUT2D eigenvalue weighted by Gasteiger charge is 2.23. The van der Waals surface area contributed by atoms with Gasteiger partial charge in [-0.15, -0.1) is 11.3 Å². The number of thiazole rings is 1. The van der Waals surface area contributed by atoms with E-state index in [0.717, 1.165) is 31.7 Å². The van der Waals surface area contributed by atoms with E-state index in [1.807, 2.05) is 6.07 Å². The van der Waals surface area contributed by atoms with Crippen molar-refractivity contribution in [2.75, 3.05) is 11.9 Å². The Morgan fingerprint density at radius 2 is 2.07 bits per heavy atom. The summed E-state index contributed by atoms with van der Waals surface area (Å²) in [5, 5.41) is 4.35. The number of nitrogens with one attached hydrogen (secondary N) is 1. The molecule has 2 heterocycles. The number of carbonyl (C=O) groups is 1. The molecule has 1 amide bonds. The Kier molecular flexibility index (Phi) is 6.58. The highest BCUT2D eigenvalue weighted by Crippen LogP contribution is 2.30. The second kappa shape index (κ2) is 9.35. The lowest BCUT2D eigenvalue weighted by Crippen LogP contribution is -2.30. The lowest BCUT2D eigenvalue weighted by Gasteiger charge is -2.25. The van der Waals surface area contributed by atoms with E-state index in [2.05, 4.69) is 39.5 Å². The average molecular weight is 462 g/mol. The van der Waals surface area contributed by atoms with Crippen molar-refractivity contribution < 1.29 is 9.53 Å². The lowest BCUT2D eigenvalue weighted by molar-refractivity contribution is -0.122. The smallest absolute Gasteiger partial charge is 0.266 e. The van der Waals surface area contributed by atoms with Crippen LogP contribution < -0.4 is 10.1 Å². The van der Waals surface area contributed by atoms with Gasteiger partial charge in [-0.05, 0) is 30.7 Å². The minimum atomic E-state index is -0.723. The minimum Gasteiger partial charge on any atom is -0.479 e. The zero-order chi connectivity index (χ0) is 21.1. The van der Waals surface area contributed by atoms with Crippen LogP contribution in [0.3, 0.4) is 0 Å². The molecule has 1 atom stereocenters. The van der Waals surface area contributed by atoms with Gasteiger partial charge in [0.1, 0.15) is 5.75 Å². The third-order valence-electron chi connectivity index (χ3n) is 4.86. The topological polar surface area (TPSA) is 54.5 Å². The summed E-state index contributed by atoms with van der Waals surface area (Å²) >= 11 is 13.5. The van der Waals surface area contributed by atoms with Gasteiger partial charge in [-0.2, -0.15) is 0 Å². The van der Waals surface area contributed by atoms with Crippen LogP contribution in [0.25, 0.3) is 0 Å². The number of ether oxygens (including phenoxy) is 1. The van der Waals surface area contributed by atoms with Gasteiger partial charge in [0.2, 0.25) is 0 Å². The highest BCUT2D eigenvalue weighted by molar-refractivity contribution is 7.15. The first-order chi connectivity index (χ1) is 14.5. The Balaban J connectivity index is 1.36. The van der Waals surface area contributed by atoms with Gasteiger partial charge in [0.25, 0.3) is 5.91 Å². The summed E-state index contributed by atoms with van der Waals surface area (Å²) in [5.74, 6) is 0.145. The third kappa shape index (κ3) is 5.13. The number of rotatable bonds is 6. The molecule has 156 valence electrons. The van der Waals surface area contributed by atoms with Crippen LogP contribution in [0.1, 0.15) is 23.1 Å². The number of hydrogen-bond acceptors (Lipinski definition) is 5. The van der Waals surface area contributed by atoms with Crippen LogP contribution >= 0.6 is 34.5 Å². The maximum Gasteiger partial charge on any atom is 0.266 e. The van der Waals surface area contributed by atoms with Gasteiger partial charge in [0, 0.05) is 36.0 Å². The molecule has 0 aliphatic carbocycles. The van der Waals surface area contributed by atoms with Gasteiger partial charge in [-0.1, -0.05) is 53.5 Å². The fourth-order valence-electron chi connectivity index (χ4n) is 3.30. The van der Waals surface area contributed by atoms with Crippen molar-refractivity contribution in [2.45, 2.75) is 32.5 Å². The highest BCUT2D eigenvalue weighted by atomic mass is 35.5. The van der Waals surface area contributed by atoms with Crippen molar-refractivity contribution in [3.63, 3.8) is 0 Å². The number of anilines is 1. The molecule has 5 nitrogen and oxygen atoms in total. The molecule has 8 heteroatoms. The SMILES string of the molecule is CC(Oc1ccc(Cl)cc1Cl)C(=O)Nc1nc2c(s1)CN(Cc1ccccc1)CC2. The summed E-state index contributed by atoms with van der Waals surface area (Å²) in [6.45, 7) is 4.37. The summed E-state index contributed by atoms with van der Waals surface area (Å²) in [6, 6.07) is 15.3. The van der Waals surface area contributed by atoms with Crippen LogP contribution in [0, 0.1) is 0 Å². The molecule has 3 aromatic rings. The first-order valence-corrected chi connectivity index (χ1v) is 11.2. The summed E-state index contributed by atoms with van der Waals surface area (Å²) < 4.78 is 5.69. The van der Waals surface area contributed by atoms with Crippen LogP contribution in [0.5, 0.6) is 5.75 Å². The van der Waals surface area contributed by atoms with E-state index in [-0.39, 0.29) is 5.91 Å². The predicted octanol–water partition coefficient (Wildman–Crippen LogP) is 5.41. The molecule has 0 fully saturated rings. The predicted molar refractivity (Wildman–Crippen MR) is 122 cm³/mol. The van der Waals surface area contributed by atoms with Crippen LogP contribution in [0.2, 0.25) is 10.0 Å². The molecule has 1 aromatic heterocycles. The van der Waals surface area contributed by atoms with E-state index in [1.54, 1.807) is 25.1 Å². The summed E-state index contributed by atoms with van der Waals surface area (Å²) in [4.78, 5) is 20.8. The molecule has 0 spiro atoms. The second-order valence-electron chi connectivity index (χ2n) is 7.16. The zero-order valence-corrected chi connectivity index (χ0v) is 18.7. The van der Waals surface area contributed by atoms with Gasteiger partial charge < -0.3 is 4.74 Å². The summed E-state index contributed by atoms with van der Waals surface area (Å²) in [6.07, 6.45) is 0.153. The van der Waals surface area contributed by atoms with Gasteiger partial charge in [-0.25, -0.2) is 4.98 Å². The van der Waals surface area contributed by atoms with Crippen molar-refractivity contribution in [1.29, 1.82) is 0 Å². The number of hydrogen-bond donors (Lipinski definition) is 1. The Morgan fingerprint density at radius 1 is 1.27 bits per heavy atom. The Bertz CT molecular complexity index is 1040. The Hall–Kier alpha value is -2.12. The van der Waals surface area contributed by atoms with E-state index in [9.17, 15) is 4.79 Å². The lowest BCUT2D eigenvalue weighted by atomic mass is 10.1. The first kappa shape index (κ1) is 21.1.